The molecule has 0 aliphatic rings. The number of H-pyrrole nitrogens is 1. The number of hydrogen-bond donors (Lipinski definition) is 2. The first-order valence-electron chi connectivity index (χ1n) is 8.48. The summed E-state index contributed by atoms with van der Waals surface area (Å²) < 4.78 is 27.3. The Morgan fingerprint density at radius 2 is 1.73 bits per heavy atom. The number of hydrogen-bond acceptors (Lipinski definition) is 3. The molecular formula is C20H22N2O3S. The number of aromatic amines is 1. The van der Waals surface area contributed by atoms with Crippen LogP contribution in [0.1, 0.15) is 36.5 Å². The van der Waals surface area contributed by atoms with E-state index >= 15 is 0 Å². The average Bonchev–Trinajstić information content (AvgIpc) is 2.60. The summed E-state index contributed by atoms with van der Waals surface area (Å²) in [6.07, 6.45) is 0. The number of rotatable bonds is 5. The van der Waals surface area contributed by atoms with Crippen molar-refractivity contribution < 1.29 is 8.42 Å². The van der Waals surface area contributed by atoms with E-state index < -0.39 is 10.0 Å². The molecule has 0 aliphatic carbocycles. The van der Waals surface area contributed by atoms with Crippen molar-refractivity contribution in [2.75, 3.05) is 0 Å². The molecular weight excluding hydrogens is 348 g/mol. The van der Waals surface area contributed by atoms with E-state index in [-0.39, 0.29) is 17.0 Å². The van der Waals surface area contributed by atoms with Gasteiger partial charge in [0.1, 0.15) is 0 Å². The highest BCUT2D eigenvalue weighted by atomic mass is 32.2. The van der Waals surface area contributed by atoms with Gasteiger partial charge in [-0.2, -0.15) is 0 Å². The minimum Gasteiger partial charge on any atom is -0.322 e. The third-order valence-corrected chi connectivity index (χ3v) is 5.81. The molecule has 3 rings (SSSR count). The van der Waals surface area contributed by atoms with Gasteiger partial charge in [0, 0.05) is 17.6 Å². The zero-order valence-electron chi connectivity index (χ0n) is 15.0. The molecule has 1 heterocycles. The van der Waals surface area contributed by atoms with Crippen LogP contribution in [0.2, 0.25) is 0 Å². The van der Waals surface area contributed by atoms with Crippen LogP contribution in [0.3, 0.4) is 0 Å². The van der Waals surface area contributed by atoms with Gasteiger partial charge < -0.3 is 4.98 Å². The summed E-state index contributed by atoms with van der Waals surface area (Å²) in [5.74, 6) is 0.370. The molecule has 0 radical (unpaired) electrons. The number of aromatic nitrogens is 1. The monoisotopic (exact) mass is 370 g/mol. The molecule has 0 amide bonds. The van der Waals surface area contributed by atoms with E-state index in [4.69, 9.17) is 0 Å². The fourth-order valence-electron chi connectivity index (χ4n) is 2.73. The van der Waals surface area contributed by atoms with Crippen LogP contribution in [0.25, 0.3) is 10.9 Å². The van der Waals surface area contributed by atoms with Gasteiger partial charge in [-0.25, -0.2) is 13.1 Å². The second kappa shape index (κ2) is 7.05. The lowest BCUT2D eigenvalue weighted by atomic mass is 10.0. The molecule has 0 aliphatic heterocycles. The molecule has 6 heteroatoms. The van der Waals surface area contributed by atoms with Gasteiger partial charge in [-0.1, -0.05) is 37.6 Å². The molecule has 2 N–H and O–H groups in total. The normalized spacial score (nSPS) is 12.0. The van der Waals surface area contributed by atoms with Crippen molar-refractivity contribution in [1.82, 2.24) is 9.71 Å². The first-order chi connectivity index (χ1) is 12.3. The maximum Gasteiger partial charge on any atom is 0.252 e. The summed E-state index contributed by atoms with van der Waals surface area (Å²) >= 11 is 0. The van der Waals surface area contributed by atoms with Crippen molar-refractivity contribution in [1.29, 1.82) is 0 Å². The topological polar surface area (TPSA) is 79.0 Å². The van der Waals surface area contributed by atoms with Crippen LogP contribution in [0.4, 0.5) is 0 Å². The molecule has 0 saturated heterocycles. The third-order valence-electron chi connectivity index (χ3n) is 4.40. The lowest BCUT2D eigenvalue weighted by Gasteiger charge is -2.09. The van der Waals surface area contributed by atoms with E-state index in [1.807, 2.05) is 25.1 Å². The Kier molecular flexibility index (Phi) is 4.98. The van der Waals surface area contributed by atoms with Crippen LogP contribution in [-0.2, 0) is 16.6 Å². The highest BCUT2D eigenvalue weighted by molar-refractivity contribution is 7.89. The molecule has 0 atom stereocenters. The van der Waals surface area contributed by atoms with Crippen LogP contribution in [0.5, 0.6) is 0 Å². The van der Waals surface area contributed by atoms with Crippen LogP contribution < -0.4 is 10.3 Å². The molecule has 0 spiro atoms. The first kappa shape index (κ1) is 18.4. The number of benzene rings is 2. The molecule has 1 aromatic heterocycles. The van der Waals surface area contributed by atoms with Gasteiger partial charge in [-0.15, -0.1) is 0 Å². The molecule has 3 aromatic rings. The van der Waals surface area contributed by atoms with Crippen molar-refractivity contribution in [3.8, 4) is 0 Å². The van der Waals surface area contributed by atoms with Crippen LogP contribution >= 0.6 is 0 Å². The third kappa shape index (κ3) is 3.86. The lowest BCUT2D eigenvalue weighted by molar-refractivity contribution is 0.581. The minimum atomic E-state index is -3.67. The van der Waals surface area contributed by atoms with Gasteiger partial charge in [0.2, 0.25) is 10.0 Å². The van der Waals surface area contributed by atoms with Gasteiger partial charge >= 0.3 is 0 Å². The van der Waals surface area contributed by atoms with Gasteiger partial charge in [0.25, 0.3) is 5.56 Å². The Morgan fingerprint density at radius 1 is 1.04 bits per heavy atom. The fraction of sp³-hybridized carbons (Fsp3) is 0.250. The van der Waals surface area contributed by atoms with Crippen LogP contribution in [-0.4, -0.2) is 13.4 Å². The maximum absolute atomic E-state index is 12.4. The summed E-state index contributed by atoms with van der Waals surface area (Å²) in [5, 5.41) is 0.889. The van der Waals surface area contributed by atoms with Gasteiger partial charge in [0.15, 0.2) is 0 Å². The highest BCUT2D eigenvalue weighted by Gasteiger charge is 2.14. The van der Waals surface area contributed by atoms with E-state index in [2.05, 4.69) is 23.6 Å². The van der Waals surface area contributed by atoms with Gasteiger partial charge in [0.05, 0.1) is 4.90 Å². The zero-order chi connectivity index (χ0) is 18.9. The maximum atomic E-state index is 12.4. The quantitative estimate of drug-likeness (QED) is 0.722. The molecule has 2 aromatic carbocycles. The molecule has 0 unspecified atom stereocenters. The molecule has 5 nitrogen and oxygen atoms in total. The number of sulfonamides is 1. The number of fused-ring (bicyclic) bond motifs is 1. The predicted octanol–water partition coefficient (Wildman–Crippen LogP) is 3.44. The summed E-state index contributed by atoms with van der Waals surface area (Å²) in [6, 6.07) is 14.2. The van der Waals surface area contributed by atoms with E-state index in [0.29, 0.717) is 11.5 Å². The number of nitrogens with one attached hydrogen (secondary N) is 2. The van der Waals surface area contributed by atoms with Crippen LogP contribution in [0.15, 0.2) is 58.2 Å². The number of pyridine rings is 1. The lowest BCUT2D eigenvalue weighted by Crippen LogP contribution is -2.27. The molecule has 0 saturated carbocycles. The average molecular weight is 370 g/mol. The van der Waals surface area contributed by atoms with Crippen molar-refractivity contribution >= 4 is 20.9 Å². The second-order valence-corrected chi connectivity index (χ2v) is 8.53. The predicted molar refractivity (Wildman–Crippen MR) is 104 cm³/mol. The van der Waals surface area contributed by atoms with Crippen molar-refractivity contribution in [2.45, 2.75) is 38.1 Å². The zero-order valence-corrected chi connectivity index (χ0v) is 15.9. The Morgan fingerprint density at radius 3 is 2.38 bits per heavy atom. The highest BCUT2D eigenvalue weighted by Crippen LogP contribution is 2.20. The van der Waals surface area contributed by atoms with Crippen LogP contribution in [0, 0.1) is 6.92 Å². The Bertz CT molecular complexity index is 1100. The summed E-state index contributed by atoms with van der Waals surface area (Å²) in [5.41, 5.74) is 2.98. The molecule has 136 valence electrons. The SMILES string of the molecule is Cc1ccc(S(=O)(=O)NCc2cc3cc(C(C)C)ccc3[nH]c2=O)cc1. The largest absolute Gasteiger partial charge is 0.322 e. The minimum absolute atomic E-state index is 0.0621. The van der Waals surface area contributed by atoms with Crippen molar-refractivity contribution in [2.24, 2.45) is 0 Å². The number of aryl methyl sites for hydroxylation is 1. The van der Waals surface area contributed by atoms with E-state index in [9.17, 15) is 13.2 Å². The van der Waals surface area contributed by atoms with Gasteiger partial charge in [-0.05, 0) is 54.1 Å². The smallest absolute Gasteiger partial charge is 0.252 e. The molecule has 0 bridgehead atoms. The van der Waals surface area contributed by atoms with Crippen molar-refractivity contribution in [3.05, 3.63) is 75.6 Å². The molecule has 26 heavy (non-hydrogen) atoms. The molecule has 0 fully saturated rings. The summed E-state index contributed by atoms with van der Waals surface area (Å²) in [4.78, 5) is 15.3. The Balaban J connectivity index is 1.89. The first-order valence-corrected chi connectivity index (χ1v) is 9.97. The van der Waals surface area contributed by atoms with Gasteiger partial charge in [-0.3, -0.25) is 4.79 Å². The standard InChI is InChI=1S/C20H22N2O3S/c1-13(2)15-6-9-19-16(10-15)11-17(20(23)22-19)12-21-26(24,25)18-7-4-14(3)5-8-18/h4-11,13,21H,12H2,1-3H3,(H,22,23). The second-order valence-electron chi connectivity index (χ2n) is 6.76. The fourth-order valence-corrected chi connectivity index (χ4v) is 3.74. The Hall–Kier alpha value is -2.44. The summed E-state index contributed by atoms with van der Waals surface area (Å²) in [6.45, 7) is 6.03. The summed E-state index contributed by atoms with van der Waals surface area (Å²) in [7, 11) is -3.67. The van der Waals surface area contributed by atoms with E-state index in [1.54, 1.807) is 30.3 Å². The van der Waals surface area contributed by atoms with Crippen molar-refractivity contribution in [3.63, 3.8) is 0 Å². The van der Waals surface area contributed by atoms with E-state index in [1.165, 1.54) is 0 Å². The Labute approximate surface area is 153 Å². The van der Waals surface area contributed by atoms with E-state index in [0.717, 1.165) is 22.0 Å².